The van der Waals surface area contributed by atoms with E-state index in [2.05, 4.69) is 15.9 Å². The van der Waals surface area contributed by atoms with Crippen molar-refractivity contribution in [2.75, 3.05) is 13.7 Å². The van der Waals surface area contributed by atoms with Gasteiger partial charge in [-0.25, -0.2) is 0 Å². The summed E-state index contributed by atoms with van der Waals surface area (Å²) in [6.07, 6.45) is 5.91. The van der Waals surface area contributed by atoms with Crippen molar-refractivity contribution >= 4 is 15.9 Å². The summed E-state index contributed by atoms with van der Waals surface area (Å²) in [5.74, 6) is 0. The summed E-state index contributed by atoms with van der Waals surface area (Å²) < 4.78 is 1.04. The maximum atomic E-state index is 4.94. The molecular weight excluding hydrogens is 182 g/mol. The summed E-state index contributed by atoms with van der Waals surface area (Å²) in [5, 5.41) is 1.74. The van der Waals surface area contributed by atoms with Crippen LogP contribution in [0.15, 0.2) is 22.8 Å². The zero-order valence-electron chi connectivity index (χ0n) is 5.17. The minimum absolute atomic E-state index is 0.825. The van der Waals surface area contributed by atoms with Gasteiger partial charge in [0.15, 0.2) is 0 Å². The van der Waals surface area contributed by atoms with Gasteiger partial charge in [0, 0.05) is 10.7 Å². The Morgan fingerprint density at radius 2 is 2.56 bits per heavy atom. The zero-order valence-corrected chi connectivity index (χ0v) is 6.76. The van der Waals surface area contributed by atoms with Gasteiger partial charge >= 0.3 is 0 Å². The third-order valence-corrected chi connectivity index (χ3v) is 1.53. The molecule has 0 aromatic rings. The van der Waals surface area contributed by atoms with Crippen molar-refractivity contribution in [3.05, 3.63) is 22.8 Å². The molecule has 0 amide bonds. The van der Waals surface area contributed by atoms with Crippen LogP contribution in [0.4, 0.5) is 0 Å². The average Bonchev–Trinajstić information content (AvgIpc) is 1.88. The lowest BCUT2D eigenvalue weighted by Gasteiger charge is -2.17. The first-order chi connectivity index (χ1) is 4.33. The van der Waals surface area contributed by atoms with E-state index in [1.54, 1.807) is 12.2 Å². The summed E-state index contributed by atoms with van der Waals surface area (Å²) >= 11 is 3.32. The summed E-state index contributed by atoms with van der Waals surface area (Å²) in [6, 6.07) is 0. The van der Waals surface area contributed by atoms with E-state index in [0.29, 0.717) is 0 Å². The quantitative estimate of drug-likeness (QED) is 0.623. The third kappa shape index (κ3) is 1.84. The second-order valence-electron chi connectivity index (χ2n) is 1.70. The lowest BCUT2D eigenvalue weighted by Crippen LogP contribution is -2.17. The molecule has 0 aromatic heterocycles. The second-order valence-corrected chi connectivity index (χ2v) is 2.61. The van der Waals surface area contributed by atoms with Gasteiger partial charge in [-0.1, -0.05) is 6.08 Å². The van der Waals surface area contributed by atoms with Crippen LogP contribution >= 0.6 is 15.9 Å². The smallest absolute Gasteiger partial charge is 0.0638 e. The van der Waals surface area contributed by atoms with Crippen LogP contribution in [0.5, 0.6) is 0 Å². The molecule has 0 aromatic carbocycles. The van der Waals surface area contributed by atoms with E-state index in [1.165, 1.54) is 0 Å². The molecule has 50 valence electrons. The molecule has 0 fully saturated rings. The summed E-state index contributed by atoms with van der Waals surface area (Å²) in [4.78, 5) is 4.94. The molecular formula is C6H8BrNO. The largest absolute Gasteiger partial charge is 0.277 e. The number of halogens is 1. The fourth-order valence-corrected chi connectivity index (χ4v) is 1.04. The molecule has 0 aliphatic carbocycles. The van der Waals surface area contributed by atoms with Crippen molar-refractivity contribution in [2.24, 2.45) is 0 Å². The summed E-state index contributed by atoms with van der Waals surface area (Å²) in [6.45, 7) is 0.825. The monoisotopic (exact) mass is 189 g/mol. The number of hydroxylamine groups is 2. The molecule has 1 aliphatic rings. The Morgan fingerprint density at radius 1 is 1.78 bits per heavy atom. The van der Waals surface area contributed by atoms with Gasteiger partial charge in [-0.05, 0) is 22.0 Å². The summed E-state index contributed by atoms with van der Waals surface area (Å²) in [5.41, 5.74) is 0. The van der Waals surface area contributed by atoms with Gasteiger partial charge in [0.25, 0.3) is 0 Å². The van der Waals surface area contributed by atoms with Crippen molar-refractivity contribution in [3.63, 3.8) is 0 Å². The van der Waals surface area contributed by atoms with Gasteiger partial charge in [-0.15, -0.1) is 0 Å². The topological polar surface area (TPSA) is 12.5 Å². The molecule has 0 radical (unpaired) electrons. The average molecular weight is 190 g/mol. The molecule has 0 bridgehead atoms. The Labute approximate surface area is 62.9 Å². The predicted molar refractivity (Wildman–Crippen MR) is 39.9 cm³/mol. The molecule has 0 saturated carbocycles. The van der Waals surface area contributed by atoms with Gasteiger partial charge in [-0.2, -0.15) is 0 Å². The van der Waals surface area contributed by atoms with Crippen molar-refractivity contribution in [3.8, 4) is 0 Å². The minimum atomic E-state index is 0.825. The highest BCUT2D eigenvalue weighted by atomic mass is 79.9. The Hall–Kier alpha value is -0.280. The van der Waals surface area contributed by atoms with E-state index in [9.17, 15) is 0 Å². The highest BCUT2D eigenvalue weighted by Crippen LogP contribution is 2.12. The molecule has 0 N–H and O–H groups in total. The van der Waals surface area contributed by atoms with Crippen molar-refractivity contribution in [1.29, 1.82) is 0 Å². The first kappa shape index (κ1) is 6.83. The Bertz CT molecular complexity index is 153. The summed E-state index contributed by atoms with van der Waals surface area (Å²) in [7, 11) is 1.65. The number of hydrogen-bond donors (Lipinski definition) is 0. The van der Waals surface area contributed by atoms with Gasteiger partial charge in [0.05, 0.1) is 13.7 Å². The Morgan fingerprint density at radius 3 is 3.00 bits per heavy atom. The normalized spacial score (nSPS) is 18.0. The van der Waals surface area contributed by atoms with Crippen LogP contribution in [0.3, 0.4) is 0 Å². The van der Waals surface area contributed by atoms with Crippen LogP contribution in [0, 0.1) is 0 Å². The molecule has 9 heavy (non-hydrogen) atoms. The van der Waals surface area contributed by atoms with E-state index >= 15 is 0 Å². The molecule has 1 rings (SSSR count). The highest BCUT2D eigenvalue weighted by Gasteiger charge is 1.99. The van der Waals surface area contributed by atoms with E-state index < -0.39 is 0 Å². The van der Waals surface area contributed by atoms with Gasteiger partial charge in [0.2, 0.25) is 0 Å². The van der Waals surface area contributed by atoms with E-state index in [1.807, 2.05) is 18.4 Å². The van der Waals surface area contributed by atoms with Crippen LogP contribution in [0.1, 0.15) is 0 Å². The number of rotatable bonds is 1. The zero-order chi connectivity index (χ0) is 6.69. The fourth-order valence-electron chi connectivity index (χ4n) is 0.630. The van der Waals surface area contributed by atoms with Crippen molar-refractivity contribution in [2.45, 2.75) is 0 Å². The highest BCUT2D eigenvalue weighted by molar-refractivity contribution is 9.11. The molecule has 1 heterocycles. The lowest BCUT2D eigenvalue weighted by molar-refractivity contribution is -0.0792. The van der Waals surface area contributed by atoms with Gasteiger partial charge in [-0.3, -0.25) is 9.90 Å². The van der Waals surface area contributed by atoms with Crippen LogP contribution in [0.25, 0.3) is 0 Å². The minimum Gasteiger partial charge on any atom is -0.277 e. The standard InChI is InChI=1S/C6H8BrNO/c1-9-8-4-2-3-6(7)5-8/h2-3,5H,4H2,1H3. The first-order valence-corrected chi connectivity index (χ1v) is 3.47. The maximum absolute atomic E-state index is 4.94. The molecule has 0 unspecified atom stereocenters. The first-order valence-electron chi connectivity index (χ1n) is 2.67. The van der Waals surface area contributed by atoms with Gasteiger partial charge in [0.1, 0.15) is 0 Å². The fraction of sp³-hybridized carbons (Fsp3) is 0.333. The molecule has 2 nitrogen and oxygen atoms in total. The molecule has 3 heteroatoms. The Kier molecular flexibility index (Phi) is 2.30. The molecule has 1 aliphatic heterocycles. The third-order valence-electron chi connectivity index (χ3n) is 1.06. The van der Waals surface area contributed by atoms with Crippen LogP contribution in [-0.2, 0) is 4.84 Å². The van der Waals surface area contributed by atoms with Crippen LogP contribution in [-0.4, -0.2) is 18.7 Å². The number of nitrogens with zero attached hydrogens (tertiary/aromatic N) is 1. The maximum Gasteiger partial charge on any atom is 0.0638 e. The van der Waals surface area contributed by atoms with Crippen molar-refractivity contribution < 1.29 is 4.84 Å². The predicted octanol–water partition coefficient (Wildman–Crippen LogP) is 1.66. The molecule has 0 spiro atoms. The van der Waals surface area contributed by atoms with E-state index in [4.69, 9.17) is 4.84 Å². The molecule has 0 atom stereocenters. The van der Waals surface area contributed by atoms with Crippen LogP contribution in [0.2, 0.25) is 0 Å². The second kappa shape index (κ2) is 3.03. The molecule has 0 saturated heterocycles. The van der Waals surface area contributed by atoms with E-state index in [-0.39, 0.29) is 0 Å². The SMILES string of the molecule is CON1C=C(Br)C=CC1. The van der Waals surface area contributed by atoms with Crippen molar-refractivity contribution in [1.82, 2.24) is 5.06 Å². The number of hydrogen-bond acceptors (Lipinski definition) is 2. The van der Waals surface area contributed by atoms with Crippen LogP contribution < -0.4 is 0 Å². The van der Waals surface area contributed by atoms with Gasteiger partial charge < -0.3 is 0 Å². The number of allylic oxidation sites excluding steroid dienone is 2. The Balaban J connectivity index is 2.55. The van der Waals surface area contributed by atoms with E-state index in [0.717, 1.165) is 11.0 Å². The lowest BCUT2D eigenvalue weighted by atomic mass is 10.4.